The summed E-state index contributed by atoms with van der Waals surface area (Å²) < 4.78 is 12.0. The van der Waals surface area contributed by atoms with Crippen molar-refractivity contribution in [1.82, 2.24) is 4.98 Å². The Labute approximate surface area is 113 Å². The second-order valence-corrected chi connectivity index (χ2v) is 5.51. The number of hydrogen-bond donors (Lipinski definition) is 1. The lowest BCUT2D eigenvalue weighted by atomic mass is 10.2. The highest BCUT2D eigenvalue weighted by Crippen LogP contribution is 2.08. The van der Waals surface area contributed by atoms with E-state index in [1.165, 1.54) is 12.3 Å². The van der Waals surface area contributed by atoms with Gasteiger partial charge in [-0.2, -0.15) is 0 Å². The van der Waals surface area contributed by atoms with E-state index in [9.17, 15) is 9.00 Å². The van der Waals surface area contributed by atoms with E-state index >= 15 is 0 Å². The van der Waals surface area contributed by atoms with Gasteiger partial charge < -0.3 is 5.11 Å². The lowest BCUT2D eigenvalue weighted by Gasteiger charge is -2.03. The zero-order chi connectivity index (χ0) is 13.7. The summed E-state index contributed by atoms with van der Waals surface area (Å²) in [5.74, 6) is -0.206. The number of carbonyl (C=O) groups is 1. The van der Waals surface area contributed by atoms with Crippen molar-refractivity contribution in [2.75, 3.05) is 0 Å². The molecule has 5 heteroatoms. The summed E-state index contributed by atoms with van der Waals surface area (Å²) in [4.78, 5) is 14.7. The predicted octanol–water partition coefficient (Wildman–Crippen LogP) is 2.23. The molecule has 4 nitrogen and oxygen atoms in total. The van der Waals surface area contributed by atoms with Gasteiger partial charge in [-0.1, -0.05) is 30.3 Å². The van der Waals surface area contributed by atoms with Crippen LogP contribution in [0.25, 0.3) is 0 Å². The van der Waals surface area contributed by atoms with Crippen LogP contribution in [0.3, 0.4) is 0 Å². The van der Waals surface area contributed by atoms with Crippen molar-refractivity contribution in [2.45, 2.75) is 11.5 Å². The Kier molecular flexibility index (Phi) is 4.41. The van der Waals surface area contributed by atoms with E-state index in [1.807, 2.05) is 30.3 Å². The van der Waals surface area contributed by atoms with E-state index in [1.54, 1.807) is 6.07 Å². The average molecular weight is 275 g/mol. The normalized spacial score (nSPS) is 12.0. The van der Waals surface area contributed by atoms with Gasteiger partial charge in [-0.3, -0.25) is 9.19 Å². The molecule has 0 aliphatic heterocycles. The number of benzene rings is 1. The van der Waals surface area contributed by atoms with Gasteiger partial charge in [0.2, 0.25) is 0 Å². The van der Waals surface area contributed by atoms with Crippen LogP contribution in [0.2, 0.25) is 0 Å². The molecule has 19 heavy (non-hydrogen) atoms. The molecule has 1 heterocycles. The van der Waals surface area contributed by atoms with Crippen molar-refractivity contribution in [3.8, 4) is 0 Å². The maximum atomic E-state index is 12.0. The molecular weight excluding hydrogens is 262 g/mol. The van der Waals surface area contributed by atoms with Crippen LogP contribution in [0.5, 0.6) is 0 Å². The molecule has 1 N–H and O–H groups in total. The topological polar surface area (TPSA) is 67.3 Å². The Morgan fingerprint density at radius 3 is 2.42 bits per heavy atom. The van der Waals surface area contributed by atoms with Crippen LogP contribution in [0.4, 0.5) is 0 Å². The summed E-state index contributed by atoms with van der Waals surface area (Å²) in [5, 5.41) is 8.75. The molecule has 1 aromatic carbocycles. The van der Waals surface area contributed by atoms with E-state index in [2.05, 4.69) is 4.98 Å². The molecule has 1 unspecified atom stereocenters. The fourth-order valence-corrected chi connectivity index (χ4v) is 2.78. The molecule has 1 atom stereocenters. The van der Waals surface area contributed by atoms with E-state index in [4.69, 9.17) is 5.11 Å². The molecular formula is C14H13NO3S. The molecule has 2 rings (SSSR count). The molecule has 0 radical (unpaired) electrons. The Bertz CT molecular complexity index is 581. The molecule has 0 aliphatic rings. The van der Waals surface area contributed by atoms with Crippen LogP contribution in [0.15, 0.2) is 48.7 Å². The quantitative estimate of drug-likeness (QED) is 0.908. The van der Waals surface area contributed by atoms with E-state index < -0.39 is 16.8 Å². The van der Waals surface area contributed by atoms with E-state index in [-0.39, 0.29) is 5.56 Å². The van der Waals surface area contributed by atoms with Crippen molar-refractivity contribution in [1.29, 1.82) is 0 Å². The second kappa shape index (κ2) is 6.24. The Morgan fingerprint density at radius 2 is 1.84 bits per heavy atom. The molecule has 0 saturated carbocycles. The number of hydrogen-bond acceptors (Lipinski definition) is 3. The number of nitrogens with zero attached hydrogens (tertiary/aromatic N) is 1. The van der Waals surface area contributed by atoms with Gasteiger partial charge in [0.05, 0.1) is 17.0 Å². The summed E-state index contributed by atoms with van der Waals surface area (Å²) >= 11 is 0. The number of rotatable bonds is 5. The third-order valence-corrected chi connectivity index (χ3v) is 3.82. The van der Waals surface area contributed by atoms with Gasteiger partial charge in [0.15, 0.2) is 0 Å². The van der Waals surface area contributed by atoms with Gasteiger partial charge >= 0.3 is 5.97 Å². The third kappa shape index (κ3) is 3.99. The van der Waals surface area contributed by atoms with Crippen LogP contribution in [0, 0.1) is 0 Å². The van der Waals surface area contributed by atoms with Crippen molar-refractivity contribution < 1.29 is 14.1 Å². The third-order valence-electron chi connectivity index (χ3n) is 2.55. The van der Waals surface area contributed by atoms with Crippen LogP contribution in [0.1, 0.15) is 21.6 Å². The number of aromatic nitrogens is 1. The summed E-state index contributed by atoms with van der Waals surface area (Å²) in [7, 11) is -1.05. The molecule has 0 amide bonds. The molecule has 0 aliphatic carbocycles. The zero-order valence-corrected chi connectivity index (χ0v) is 11.0. The summed E-state index contributed by atoms with van der Waals surface area (Å²) in [5.41, 5.74) is 1.79. The van der Waals surface area contributed by atoms with Crippen LogP contribution in [-0.2, 0) is 22.3 Å². The van der Waals surface area contributed by atoms with Crippen molar-refractivity contribution in [2.24, 2.45) is 0 Å². The smallest absolute Gasteiger partial charge is 0.337 e. The van der Waals surface area contributed by atoms with Gasteiger partial charge in [-0.25, -0.2) is 4.79 Å². The van der Waals surface area contributed by atoms with E-state index in [0.717, 1.165) is 5.56 Å². The van der Waals surface area contributed by atoms with Gasteiger partial charge in [-0.05, 0) is 17.7 Å². The second-order valence-electron chi connectivity index (χ2n) is 4.06. The Morgan fingerprint density at radius 1 is 1.11 bits per heavy atom. The molecule has 98 valence electrons. The molecule has 1 aromatic heterocycles. The highest BCUT2D eigenvalue weighted by molar-refractivity contribution is 7.83. The zero-order valence-electron chi connectivity index (χ0n) is 10.2. The van der Waals surface area contributed by atoms with Crippen LogP contribution in [-0.4, -0.2) is 20.3 Å². The fourth-order valence-electron chi connectivity index (χ4n) is 1.61. The summed E-state index contributed by atoms with van der Waals surface area (Å²) in [6.07, 6.45) is 1.29. The number of pyridine rings is 1. The predicted molar refractivity (Wildman–Crippen MR) is 73.2 cm³/mol. The van der Waals surface area contributed by atoms with E-state index in [0.29, 0.717) is 17.2 Å². The standard InChI is InChI=1S/C14H13NO3S/c16-14(17)12-6-7-13(15-8-12)10-19(18)9-11-4-2-1-3-5-11/h1-8H,9-10H2,(H,16,17). The molecule has 0 spiro atoms. The highest BCUT2D eigenvalue weighted by atomic mass is 32.2. The molecule has 0 saturated heterocycles. The number of carboxylic acid groups (broad SMARTS) is 1. The monoisotopic (exact) mass is 275 g/mol. The number of aromatic carboxylic acids is 1. The van der Waals surface area contributed by atoms with Gasteiger partial charge in [0.1, 0.15) is 0 Å². The number of carboxylic acids is 1. The minimum atomic E-state index is -1.05. The van der Waals surface area contributed by atoms with Gasteiger partial charge in [0, 0.05) is 22.7 Å². The van der Waals surface area contributed by atoms with Crippen molar-refractivity contribution in [3.63, 3.8) is 0 Å². The average Bonchev–Trinajstić information content (AvgIpc) is 2.40. The molecule has 0 fully saturated rings. The highest BCUT2D eigenvalue weighted by Gasteiger charge is 2.06. The van der Waals surface area contributed by atoms with Crippen molar-refractivity contribution in [3.05, 3.63) is 65.5 Å². The van der Waals surface area contributed by atoms with Gasteiger partial charge in [0.25, 0.3) is 0 Å². The molecule has 2 aromatic rings. The minimum Gasteiger partial charge on any atom is -0.478 e. The Hall–Kier alpha value is -2.01. The first-order valence-electron chi connectivity index (χ1n) is 5.72. The fraction of sp³-hybridized carbons (Fsp3) is 0.143. The summed E-state index contributed by atoms with van der Waals surface area (Å²) in [6.45, 7) is 0. The SMILES string of the molecule is O=C(O)c1ccc(CS(=O)Cc2ccccc2)nc1. The van der Waals surface area contributed by atoms with Crippen LogP contribution < -0.4 is 0 Å². The summed E-state index contributed by atoms with van der Waals surface area (Å²) in [6, 6.07) is 12.7. The molecule has 0 bridgehead atoms. The Balaban J connectivity index is 1.97. The first-order chi connectivity index (χ1) is 9.15. The first kappa shape index (κ1) is 13.4. The van der Waals surface area contributed by atoms with Crippen LogP contribution >= 0.6 is 0 Å². The minimum absolute atomic E-state index is 0.137. The largest absolute Gasteiger partial charge is 0.478 e. The van der Waals surface area contributed by atoms with Crippen molar-refractivity contribution >= 4 is 16.8 Å². The lowest BCUT2D eigenvalue weighted by molar-refractivity contribution is 0.0696. The maximum Gasteiger partial charge on any atom is 0.337 e. The lowest BCUT2D eigenvalue weighted by Crippen LogP contribution is -2.03. The van der Waals surface area contributed by atoms with Gasteiger partial charge in [-0.15, -0.1) is 0 Å². The first-order valence-corrected chi connectivity index (χ1v) is 7.21. The maximum absolute atomic E-state index is 12.0.